The normalized spacial score (nSPS) is 10.7. The average molecular weight is 279 g/mol. The second kappa shape index (κ2) is 5.48. The summed E-state index contributed by atoms with van der Waals surface area (Å²) in [4.78, 5) is 3.85. The molecule has 4 nitrogen and oxygen atoms in total. The number of ether oxygens (including phenoxy) is 1. The monoisotopic (exact) mass is 279 g/mol. The molecule has 0 amide bonds. The van der Waals surface area contributed by atoms with E-state index in [-0.39, 0.29) is 5.75 Å². The van der Waals surface area contributed by atoms with Gasteiger partial charge in [-0.25, -0.2) is 0 Å². The molecule has 2 rings (SSSR count). The van der Waals surface area contributed by atoms with Gasteiger partial charge in [0.2, 0.25) is 0 Å². The van der Waals surface area contributed by atoms with Crippen molar-refractivity contribution in [2.75, 3.05) is 5.32 Å². The van der Waals surface area contributed by atoms with Gasteiger partial charge in [0.25, 0.3) is 0 Å². The summed E-state index contributed by atoms with van der Waals surface area (Å²) >= 11 is 0. The van der Waals surface area contributed by atoms with E-state index in [4.69, 9.17) is 5.26 Å². The molecule has 1 aromatic heterocycles. The first kappa shape index (κ1) is 13.7. The largest absolute Gasteiger partial charge is 0.573 e. The van der Waals surface area contributed by atoms with Crippen LogP contribution in [0.25, 0.3) is 0 Å². The lowest BCUT2D eigenvalue weighted by atomic mass is 10.2. The van der Waals surface area contributed by atoms with Crippen LogP contribution in [0.1, 0.15) is 5.56 Å². The molecule has 0 bridgehead atoms. The average Bonchev–Trinajstić information content (AvgIpc) is 2.38. The van der Waals surface area contributed by atoms with Gasteiger partial charge in [-0.2, -0.15) is 5.26 Å². The molecule has 0 unspecified atom stereocenters. The molecule has 0 saturated carbocycles. The number of halogens is 3. The van der Waals surface area contributed by atoms with Crippen molar-refractivity contribution in [1.82, 2.24) is 4.98 Å². The van der Waals surface area contributed by atoms with Gasteiger partial charge in [0, 0.05) is 18.0 Å². The first-order chi connectivity index (χ1) is 9.48. The molecule has 0 aliphatic heterocycles. The molecule has 1 aromatic carbocycles. The number of hydrogen-bond donors (Lipinski definition) is 1. The van der Waals surface area contributed by atoms with Crippen molar-refractivity contribution in [2.24, 2.45) is 0 Å². The van der Waals surface area contributed by atoms with Crippen molar-refractivity contribution >= 4 is 11.4 Å². The fourth-order valence-electron chi connectivity index (χ4n) is 1.52. The minimum absolute atomic E-state index is 0.335. The van der Waals surface area contributed by atoms with Crippen LogP contribution in [0, 0.1) is 11.3 Å². The number of rotatable bonds is 3. The summed E-state index contributed by atoms with van der Waals surface area (Å²) in [5.74, 6) is -0.343. The second-order valence-electron chi connectivity index (χ2n) is 3.73. The minimum Gasteiger partial charge on any atom is -0.406 e. The van der Waals surface area contributed by atoms with Gasteiger partial charge < -0.3 is 10.1 Å². The van der Waals surface area contributed by atoms with E-state index in [9.17, 15) is 13.2 Å². The van der Waals surface area contributed by atoms with Crippen LogP contribution in [0.5, 0.6) is 5.75 Å². The predicted octanol–water partition coefficient (Wildman–Crippen LogP) is 3.60. The van der Waals surface area contributed by atoms with Crippen LogP contribution < -0.4 is 10.1 Å². The van der Waals surface area contributed by atoms with Crippen LogP contribution in [-0.2, 0) is 0 Å². The summed E-state index contributed by atoms with van der Waals surface area (Å²) in [5.41, 5.74) is 1.09. The molecule has 20 heavy (non-hydrogen) atoms. The smallest absolute Gasteiger partial charge is 0.406 e. The van der Waals surface area contributed by atoms with Crippen molar-refractivity contribution in [1.29, 1.82) is 5.26 Å². The van der Waals surface area contributed by atoms with E-state index >= 15 is 0 Å². The summed E-state index contributed by atoms with van der Waals surface area (Å²) in [6.45, 7) is 0. The Bertz CT molecular complexity index is 650. The van der Waals surface area contributed by atoms with Crippen LogP contribution in [0.3, 0.4) is 0 Å². The Hall–Kier alpha value is -2.75. The molecule has 1 heterocycles. The van der Waals surface area contributed by atoms with Gasteiger partial charge in [-0.05, 0) is 18.2 Å². The van der Waals surface area contributed by atoms with Crippen molar-refractivity contribution in [3.8, 4) is 11.8 Å². The van der Waals surface area contributed by atoms with E-state index in [1.165, 1.54) is 36.7 Å². The molecule has 0 radical (unpaired) electrons. The molecule has 0 aliphatic rings. The van der Waals surface area contributed by atoms with Crippen LogP contribution in [0.4, 0.5) is 24.5 Å². The highest BCUT2D eigenvalue weighted by atomic mass is 19.4. The number of anilines is 2. The van der Waals surface area contributed by atoms with Crippen LogP contribution in [0.15, 0.2) is 42.7 Å². The first-order valence-corrected chi connectivity index (χ1v) is 5.45. The maximum Gasteiger partial charge on any atom is 0.573 e. The van der Waals surface area contributed by atoms with Gasteiger partial charge in [0.05, 0.1) is 17.4 Å². The van der Waals surface area contributed by atoms with Crippen molar-refractivity contribution in [3.63, 3.8) is 0 Å². The molecular formula is C13H8F3N3O. The Balaban J connectivity index is 2.22. The van der Waals surface area contributed by atoms with Gasteiger partial charge in [-0.15, -0.1) is 13.2 Å². The van der Waals surface area contributed by atoms with Gasteiger partial charge in [-0.3, -0.25) is 4.98 Å². The minimum atomic E-state index is -4.75. The second-order valence-corrected chi connectivity index (χ2v) is 3.73. The molecule has 0 saturated heterocycles. The molecule has 102 valence electrons. The lowest BCUT2D eigenvalue weighted by Gasteiger charge is -2.11. The van der Waals surface area contributed by atoms with Gasteiger partial charge in [-0.1, -0.05) is 6.07 Å². The Labute approximate surface area is 112 Å². The predicted molar refractivity (Wildman–Crippen MR) is 65.4 cm³/mol. The number of alkyl halides is 3. The number of nitrogens with zero attached hydrogens (tertiary/aromatic N) is 2. The number of nitriles is 1. The topological polar surface area (TPSA) is 57.9 Å². The lowest BCUT2D eigenvalue weighted by molar-refractivity contribution is -0.274. The SMILES string of the molecule is N#Cc1ccncc1Nc1cccc(OC(F)(F)F)c1. The molecule has 7 heteroatoms. The zero-order valence-electron chi connectivity index (χ0n) is 9.98. The number of benzene rings is 1. The fraction of sp³-hybridized carbons (Fsp3) is 0.0769. The van der Waals surface area contributed by atoms with E-state index in [1.54, 1.807) is 6.07 Å². The maximum absolute atomic E-state index is 12.1. The third-order valence-corrected chi connectivity index (χ3v) is 2.29. The summed E-state index contributed by atoms with van der Waals surface area (Å²) in [6.07, 6.45) is -1.88. The molecule has 1 N–H and O–H groups in total. The van der Waals surface area contributed by atoms with E-state index in [0.29, 0.717) is 16.9 Å². The third-order valence-electron chi connectivity index (χ3n) is 2.29. The number of pyridine rings is 1. The number of nitrogens with one attached hydrogen (secondary N) is 1. The van der Waals surface area contributed by atoms with Gasteiger partial charge in [0.15, 0.2) is 0 Å². The Morgan fingerprint density at radius 2 is 2.05 bits per heavy atom. The highest BCUT2D eigenvalue weighted by Crippen LogP contribution is 2.27. The standard InChI is InChI=1S/C13H8F3N3O/c14-13(15,16)20-11-3-1-2-10(6-11)19-12-8-18-5-4-9(12)7-17/h1-6,8,19H. The summed E-state index contributed by atoms with van der Waals surface area (Å²) in [5, 5.41) is 11.7. The zero-order valence-corrected chi connectivity index (χ0v) is 9.98. The van der Waals surface area contributed by atoms with Crippen molar-refractivity contribution in [3.05, 3.63) is 48.3 Å². The van der Waals surface area contributed by atoms with E-state index < -0.39 is 6.36 Å². The van der Waals surface area contributed by atoms with E-state index in [1.807, 2.05) is 6.07 Å². The zero-order chi connectivity index (χ0) is 14.6. The molecule has 0 fully saturated rings. The lowest BCUT2D eigenvalue weighted by Crippen LogP contribution is -2.17. The Morgan fingerprint density at radius 1 is 1.25 bits per heavy atom. The number of aromatic nitrogens is 1. The Kier molecular flexibility index (Phi) is 3.75. The van der Waals surface area contributed by atoms with Gasteiger partial charge in [0.1, 0.15) is 11.8 Å². The quantitative estimate of drug-likeness (QED) is 0.932. The molecule has 0 spiro atoms. The highest BCUT2D eigenvalue weighted by Gasteiger charge is 2.31. The van der Waals surface area contributed by atoms with Crippen LogP contribution in [-0.4, -0.2) is 11.3 Å². The molecule has 0 aliphatic carbocycles. The van der Waals surface area contributed by atoms with Gasteiger partial charge >= 0.3 is 6.36 Å². The molecular weight excluding hydrogens is 271 g/mol. The molecule has 2 aromatic rings. The van der Waals surface area contributed by atoms with Crippen LogP contribution in [0.2, 0.25) is 0 Å². The van der Waals surface area contributed by atoms with E-state index in [0.717, 1.165) is 0 Å². The first-order valence-electron chi connectivity index (χ1n) is 5.45. The fourth-order valence-corrected chi connectivity index (χ4v) is 1.52. The maximum atomic E-state index is 12.1. The Morgan fingerprint density at radius 3 is 2.75 bits per heavy atom. The number of hydrogen-bond acceptors (Lipinski definition) is 4. The summed E-state index contributed by atoms with van der Waals surface area (Å²) in [7, 11) is 0. The third kappa shape index (κ3) is 3.62. The van der Waals surface area contributed by atoms with Crippen molar-refractivity contribution < 1.29 is 17.9 Å². The highest BCUT2D eigenvalue weighted by molar-refractivity contribution is 5.66. The van der Waals surface area contributed by atoms with Crippen LogP contribution >= 0.6 is 0 Å². The summed E-state index contributed by atoms with van der Waals surface area (Å²) in [6, 6.07) is 8.78. The van der Waals surface area contributed by atoms with E-state index in [2.05, 4.69) is 15.0 Å². The van der Waals surface area contributed by atoms with Crippen molar-refractivity contribution in [2.45, 2.75) is 6.36 Å². The summed E-state index contributed by atoms with van der Waals surface area (Å²) < 4.78 is 40.2. The molecule has 0 atom stereocenters.